The maximum absolute atomic E-state index is 10.2. The fourth-order valence-electron chi connectivity index (χ4n) is 6.01. The maximum Gasteiger partial charge on any atom is 0.207 e. The minimum Gasteiger partial charge on any atom is -0.383 e. The van der Waals surface area contributed by atoms with Gasteiger partial charge in [-0.1, -0.05) is 84.1 Å². The Kier molecular flexibility index (Phi) is 19.1. The van der Waals surface area contributed by atoms with Crippen LogP contribution in [-0.4, -0.2) is 29.5 Å². The Morgan fingerprint density at radius 3 is 1.51 bits per heavy atom. The number of unbranched alkanes of at least 4 members (excludes halogenated alkanes) is 8. The lowest BCUT2D eigenvalue weighted by Gasteiger charge is -2.11. The Labute approximate surface area is 284 Å². The van der Waals surface area contributed by atoms with Crippen molar-refractivity contribution in [1.82, 2.24) is 15.3 Å². The molecule has 1 amide bonds. The first-order chi connectivity index (χ1) is 22.5. The molecule has 0 bridgehead atoms. The van der Waals surface area contributed by atoms with Crippen LogP contribution < -0.4 is 22.5 Å². The van der Waals surface area contributed by atoms with Crippen molar-refractivity contribution in [1.29, 1.82) is 0 Å². The largest absolute Gasteiger partial charge is 0.383 e. The molecule has 0 unspecified atom stereocenters. The Morgan fingerprint density at radius 2 is 1.06 bits per heavy atom. The first kappa shape index (κ1) is 39.5. The number of amides is 1. The van der Waals surface area contributed by atoms with Gasteiger partial charge in [0.25, 0.3) is 0 Å². The number of carbonyl (C=O) groups is 1. The van der Waals surface area contributed by atoms with Crippen LogP contribution in [0.2, 0.25) is 0 Å². The minimum absolute atomic E-state index is 0. The number of benzene rings is 2. The van der Waals surface area contributed by atoms with Gasteiger partial charge in [-0.2, -0.15) is 0 Å². The van der Waals surface area contributed by atoms with Gasteiger partial charge in [-0.15, -0.1) is 0 Å². The van der Waals surface area contributed by atoms with E-state index in [1.165, 1.54) is 84.4 Å². The molecule has 0 spiro atoms. The van der Waals surface area contributed by atoms with E-state index in [9.17, 15) is 4.79 Å². The summed E-state index contributed by atoms with van der Waals surface area (Å²) in [4.78, 5) is 19.5. The molecule has 0 atom stereocenters. The molecule has 7 N–H and O–H groups in total. The fourth-order valence-corrected chi connectivity index (χ4v) is 6.01. The molecule has 2 aromatic carbocycles. The Bertz CT molecular complexity index is 1470. The molecule has 47 heavy (non-hydrogen) atoms. The van der Waals surface area contributed by atoms with Gasteiger partial charge < -0.3 is 22.5 Å². The number of pyridine rings is 2. The second kappa shape index (κ2) is 22.8. The molecule has 0 radical (unpaired) electrons. The number of hydrogen-bond acceptors (Lipinski definition) is 6. The van der Waals surface area contributed by atoms with Gasteiger partial charge in [-0.25, -0.2) is 9.97 Å². The van der Waals surface area contributed by atoms with Gasteiger partial charge in [0.15, 0.2) is 0 Å². The number of nitrogens with zero attached hydrogens (tertiary/aromatic N) is 2. The number of hydrogen-bond donors (Lipinski definition) is 4. The summed E-state index contributed by atoms with van der Waals surface area (Å²) in [5.74, 6) is 1.37. The van der Waals surface area contributed by atoms with Gasteiger partial charge >= 0.3 is 0 Å². The SMILES string of the molecule is C.CCCCCc1cc2c(CCCCCN)cccc2nc1N.CCCCCc1cc2c(CCCCCNC=O)cccc2nc1N. The molecule has 0 fully saturated rings. The molecule has 0 aliphatic rings. The van der Waals surface area contributed by atoms with Crippen LogP contribution in [0.15, 0.2) is 48.5 Å². The molecule has 0 saturated heterocycles. The van der Waals surface area contributed by atoms with Crippen molar-refractivity contribution < 1.29 is 4.79 Å². The van der Waals surface area contributed by atoms with Crippen molar-refractivity contribution in [2.75, 3.05) is 24.6 Å². The molecule has 0 aliphatic carbocycles. The first-order valence-electron chi connectivity index (χ1n) is 17.7. The van der Waals surface area contributed by atoms with Crippen molar-refractivity contribution in [3.63, 3.8) is 0 Å². The van der Waals surface area contributed by atoms with Gasteiger partial charge in [0, 0.05) is 17.3 Å². The topological polar surface area (TPSA) is 133 Å². The predicted octanol–water partition coefficient (Wildman–Crippen LogP) is 8.87. The zero-order chi connectivity index (χ0) is 33.0. The van der Waals surface area contributed by atoms with Crippen LogP contribution in [-0.2, 0) is 30.5 Å². The summed E-state index contributed by atoms with van der Waals surface area (Å²) < 4.78 is 0. The molecule has 4 aromatic rings. The standard InChI is InChI=1S/C20H29N3O.C19H29N3.CH4/c1-2-3-5-10-17-14-18-16(9-6-4-7-13-22-15-24)11-8-12-19(18)23-20(17)21;1-2-3-5-10-16-14-17-15(9-6-4-7-13-20)11-8-12-18(17)22-19(16)21;/h8,11-12,14-15H,2-7,9-10,13H2,1H3,(H2,21,23)(H,22,24);8,11-12,14H,2-7,9-10,13,20H2,1H3,(H2,21,22);1H4. The molecule has 7 nitrogen and oxygen atoms in total. The van der Waals surface area contributed by atoms with E-state index < -0.39 is 0 Å². The zero-order valence-electron chi connectivity index (χ0n) is 28.5. The molecule has 0 saturated carbocycles. The fraction of sp³-hybridized carbons (Fsp3) is 0.525. The highest BCUT2D eigenvalue weighted by atomic mass is 16.1. The lowest BCUT2D eigenvalue weighted by molar-refractivity contribution is -0.109. The van der Waals surface area contributed by atoms with E-state index in [0.29, 0.717) is 11.6 Å². The molecule has 7 heteroatoms. The van der Waals surface area contributed by atoms with Crippen molar-refractivity contribution in [3.05, 3.63) is 70.8 Å². The van der Waals surface area contributed by atoms with Gasteiger partial charge in [0.05, 0.1) is 11.0 Å². The predicted molar refractivity (Wildman–Crippen MR) is 204 cm³/mol. The van der Waals surface area contributed by atoms with Crippen LogP contribution in [0.5, 0.6) is 0 Å². The van der Waals surface area contributed by atoms with E-state index in [4.69, 9.17) is 17.2 Å². The summed E-state index contributed by atoms with van der Waals surface area (Å²) >= 11 is 0. The van der Waals surface area contributed by atoms with Crippen molar-refractivity contribution >= 4 is 39.9 Å². The summed E-state index contributed by atoms with van der Waals surface area (Å²) in [6, 6.07) is 17.2. The third-order valence-corrected chi connectivity index (χ3v) is 8.72. The highest BCUT2D eigenvalue weighted by molar-refractivity contribution is 5.85. The lowest BCUT2D eigenvalue weighted by atomic mass is 9.99. The molecule has 2 aromatic heterocycles. The number of anilines is 2. The van der Waals surface area contributed by atoms with Crippen molar-refractivity contribution in [2.45, 2.75) is 124 Å². The van der Waals surface area contributed by atoms with Gasteiger partial charge in [0.2, 0.25) is 6.41 Å². The minimum atomic E-state index is 0. The zero-order valence-corrected chi connectivity index (χ0v) is 28.5. The third-order valence-electron chi connectivity index (χ3n) is 8.72. The third kappa shape index (κ3) is 13.1. The average molecular weight is 643 g/mol. The maximum atomic E-state index is 10.2. The van der Waals surface area contributed by atoms with Crippen molar-refractivity contribution in [3.8, 4) is 0 Å². The monoisotopic (exact) mass is 642 g/mol. The summed E-state index contributed by atoms with van der Waals surface area (Å²) in [5, 5.41) is 5.22. The molecule has 258 valence electrons. The molecule has 2 heterocycles. The number of aromatic nitrogens is 2. The highest BCUT2D eigenvalue weighted by Crippen LogP contribution is 2.26. The Balaban J connectivity index is 0.000000321. The number of rotatable bonds is 20. The van der Waals surface area contributed by atoms with Crippen LogP contribution in [0, 0.1) is 0 Å². The summed E-state index contributed by atoms with van der Waals surface area (Å²) in [6.07, 6.45) is 19.0. The van der Waals surface area contributed by atoms with Gasteiger partial charge in [-0.3, -0.25) is 4.79 Å². The van der Waals surface area contributed by atoms with Crippen molar-refractivity contribution in [2.24, 2.45) is 5.73 Å². The summed E-state index contributed by atoms with van der Waals surface area (Å²) in [5.41, 5.74) is 25.0. The van der Waals surface area contributed by atoms with Crippen LogP contribution in [0.25, 0.3) is 21.8 Å². The Morgan fingerprint density at radius 1 is 0.617 bits per heavy atom. The van der Waals surface area contributed by atoms with E-state index in [1.807, 2.05) is 6.07 Å². The number of fused-ring (bicyclic) bond motifs is 2. The van der Waals surface area contributed by atoms with Crippen LogP contribution in [0.3, 0.4) is 0 Å². The average Bonchev–Trinajstić information content (AvgIpc) is 3.06. The van der Waals surface area contributed by atoms with Crippen LogP contribution >= 0.6 is 0 Å². The number of nitrogens with two attached hydrogens (primary N) is 3. The molecular weight excluding hydrogens is 580 g/mol. The second-order valence-corrected chi connectivity index (χ2v) is 12.4. The number of carbonyl (C=O) groups excluding carboxylic acids is 1. The molecule has 4 rings (SSSR count). The molecule has 0 aliphatic heterocycles. The highest BCUT2D eigenvalue weighted by Gasteiger charge is 2.09. The second-order valence-electron chi connectivity index (χ2n) is 12.4. The quantitative estimate of drug-likeness (QED) is 0.0562. The summed E-state index contributed by atoms with van der Waals surface area (Å²) in [7, 11) is 0. The van der Waals surface area contributed by atoms with Crippen LogP contribution in [0.1, 0.15) is 121 Å². The van der Waals surface area contributed by atoms with Gasteiger partial charge in [-0.05, 0) is 117 Å². The number of nitrogen functional groups attached to an aromatic ring is 2. The smallest absolute Gasteiger partial charge is 0.207 e. The van der Waals surface area contributed by atoms with E-state index in [-0.39, 0.29) is 7.43 Å². The number of aryl methyl sites for hydroxylation is 4. The first-order valence-corrected chi connectivity index (χ1v) is 17.7. The molecular formula is C40H62N6O. The normalized spacial score (nSPS) is 10.8. The summed E-state index contributed by atoms with van der Waals surface area (Å²) in [6.45, 7) is 5.99. The Hall–Kier alpha value is -3.71. The van der Waals surface area contributed by atoms with E-state index in [0.717, 1.165) is 81.9 Å². The van der Waals surface area contributed by atoms with E-state index in [2.05, 4.69) is 71.6 Å². The van der Waals surface area contributed by atoms with E-state index in [1.54, 1.807) is 0 Å². The van der Waals surface area contributed by atoms with Gasteiger partial charge in [0.1, 0.15) is 11.6 Å². The number of nitrogens with one attached hydrogen (secondary N) is 1. The van der Waals surface area contributed by atoms with Crippen LogP contribution in [0.4, 0.5) is 11.6 Å². The lowest BCUT2D eigenvalue weighted by Crippen LogP contribution is -2.11. The van der Waals surface area contributed by atoms with E-state index >= 15 is 0 Å².